The summed E-state index contributed by atoms with van der Waals surface area (Å²) < 4.78 is 1.65. The highest BCUT2D eigenvalue weighted by molar-refractivity contribution is 6.07. The lowest BCUT2D eigenvalue weighted by Gasteiger charge is -2.16. The molecule has 4 rings (SSSR count). The van der Waals surface area contributed by atoms with E-state index in [4.69, 9.17) is 0 Å². The monoisotopic (exact) mass is 334 g/mol. The minimum Gasteiger partial charge on any atom is -0.308 e. The van der Waals surface area contributed by atoms with Crippen molar-refractivity contribution in [3.8, 4) is 5.69 Å². The van der Waals surface area contributed by atoms with Crippen LogP contribution < -0.4 is 4.90 Å². The summed E-state index contributed by atoms with van der Waals surface area (Å²) in [5, 5.41) is 15.1. The van der Waals surface area contributed by atoms with Gasteiger partial charge in [-0.1, -0.05) is 18.2 Å². The number of anilines is 1. The molecule has 2 aromatic carbocycles. The lowest BCUT2D eigenvalue weighted by Crippen LogP contribution is -2.28. The van der Waals surface area contributed by atoms with Crippen LogP contribution in [0.3, 0.4) is 0 Å². The first-order valence-corrected chi connectivity index (χ1v) is 7.83. The molecule has 0 N–H and O–H groups in total. The molecule has 124 valence electrons. The van der Waals surface area contributed by atoms with E-state index in [1.54, 1.807) is 28.0 Å². The molecule has 3 aromatic rings. The van der Waals surface area contributed by atoms with Gasteiger partial charge in [0.1, 0.15) is 0 Å². The molecule has 1 aliphatic heterocycles. The third-order valence-electron chi connectivity index (χ3n) is 4.26. The van der Waals surface area contributed by atoms with Gasteiger partial charge in [0.2, 0.25) is 0 Å². The molecule has 1 aliphatic rings. The van der Waals surface area contributed by atoms with Gasteiger partial charge in [-0.15, -0.1) is 0 Å². The van der Waals surface area contributed by atoms with E-state index in [0.717, 1.165) is 16.9 Å². The van der Waals surface area contributed by atoms with Crippen LogP contribution in [0.4, 0.5) is 11.4 Å². The largest absolute Gasteiger partial charge is 0.308 e. The van der Waals surface area contributed by atoms with Crippen molar-refractivity contribution < 1.29 is 9.72 Å². The highest BCUT2D eigenvalue weighted by Gasteiger charge is 2.27. The Morgan fingerprint density at radius 1 is 1.16 bits per heavy atom. The van der Waals surface area contributed by atoms with E-state index in [2.05, 4.69) is 5.10 Å². The van der Waals surface area contributed by atoms with Gasteiger partial charge in [-0.2, -0.15) is 5.10 Å². The minimum atomic E-state index is -0.422. The molecule has 1 aromatic heterocycles. The lowest BCUT2D eigenvalue weighted by atomic mass is 10.1. The second-order valence-electron chi connectivity index (χ2n) is 5.79. The van der Waals surface area contributed by atoms with E-state index < -0.39 is 4.92 Å². The Balaban J connectivity index is 1.62. The summed E-state index contributed by atoms with van der Waals surface area (Å²) in [5.41, 5.74) is 2.94. The molecule has 0 saturated heterocycles. The number of benzene rings is 2. The number of carbonyl (C=O) groups excluding carboxylic acids is 1. The van der Waals surface area contributed by atoms with E-state index in [1.807, 2.05) is 30.3 Å². The van der Waals surface area contributed by atoms with Crippen molar-refractivity contribution >= 4 is 17.3 Å². The molecule has 0 unspecified atom stereocenters. The average molecular weight is 334 g/mol. The lowest BCUT2D eigenvalue weighted by molar-refractivity contribution is -0.384. The summed E-state index contributed by atoms with van der Waals surface area (Å²) in [6.07, 6.45) is 3.84. The van der Waals surface area contributed by atoms with Crippen molar-refractivity contribution in [3.05, 3.63) is 82.2 Å². The van der Waals surface area contributed by atoms with Crippen molar-refractivity contribution in [2.45, 2.75) is 6.42 Å². The van der Waals surface area contributed by atoms with Gasteiger partial charge in [-0.05, 0) is 30.2 Å². The van der Waals surface area contributed by atoms with Crippen LogP contribution in [-0.4, -0.2) is 27.2 Å². The van der Waals surface area contributed by atoms with Crippen molar-refractivity contribution in [3.63, 3.8) is 0 Å². The maximum atomic E-state index is 12.8. The van der Waals surface area contributed by atoms with Crippen molar-refractivity contribution in [2.24, 2.45) is 0 Å². The van der Waals surface area contributed by atoms with E-state index in [1.165, 1.54) is 12.1 Å². The topological polar surface area (TPSA) is 81.3 Å². The number of hydrogen-bond acceptors (Lipinski definition) is 4. The predicted molar refractivity (Wildman–Crippen MR) is 92.0 cm³/mol. The van der Waals surface area contributed by atoms with Crippen LogP contribution in [0.1, 0.15) is 15.9 Å². The van der Waals surface area contributed by atoms with Gasteiger partial charge in [0.05, 0.1) is 22.4 Å². The molecule has 25 heavy (non-hydrogen) atoms. The molecule has 0 fully saturated rings. The zero-order valence-corrected chi connectivity index (χ0v) is 13.2. The fraction of sp³-hybridized carbons (Fsp3) is 0.111. The van der Waals surface area contributed by atoms with E-state index >= 15 is 0 Å². The summed E-state index contributed by atoms with van der Waals surface area (Å²) in [6.45, 7) is 0.506. The Labute approximate surface area is 143 Å². The summed E-state index contributed by atoms with van der Waals surface area (Å²) in [7, 11) is 0. The first kappa shape index (κ1) is 15.1. The Morgan fingerprint density at radius 3 is 2.72 bits per heavy atom. The third kappa shape index (κ3) is 2.65. The molecule has 7 heteroatoms. The maximum Gasteiger partial charge on any atom is 0.269 e. The Hall–Kier alpha value is -3.48. The number of hydrogen-bond donors (Lipinski definition) is 0. The molecule has 7 nitrogen and oxygen atoms in total. The normalized spacial score (nSPS) is 12.9. The Kier molecular flexibility index (Phi) is 3.53. The third-order valence-corrected chi connectivity index (χ3v) is 4.26. The number of fused-ring (bicyclic) bond motifs is 1. The van der Waals surface area contributed by atoms with Gasteiger partial charge in [-0.3, -0.25) is 14.9 Å². The van der Waals surface area contributed by atoms with Crippen LogP contribution in [0.5, 0.6) is 0 Å². The van der Waals surface area contributed by atoms with Crippen LogP contribution in [0, 0.1) is 10.1 Å². The fourth-order valence-corrected chi connectivity index (χ4v) is 3.02. The molecule has 0 aliphatic carbocycles. The van der Waals surface area contributed by atoms with Crippen molar-refractivity contribution in [1.29, 1.82) is 0 Å². The number of nitrogens with zero attached hydrogens (tertiary/aromatic N) is 4. The SMILES string of the molecule is O=C(c1cnn(-c2ccccc2)c1)N1CCc2cc([N+](=O)[O-])ccc21. The number of para-hydroxylation sites is 1. The quantitative estimate of drug-likeness (QED) is 0.545. The second-order valence-corrected chi connectivity index (χ2v) is 5.79. The highest BCUT2D eigenvalue weighted by Crippen LogP contribution is 2.32. The molecule has 0 radical (unpaired) electrons. The zero-order chi connectivity index (χ0) is 17.4. The number of nitro benzene ring substituents is 1. The molecule has 2 heterocycles. The van der Waals surface area contributed by atoms with Crippen molar-refractivity contribution in [1.82, 2.24) is 9.78 Å². The van der Waals surface area contributed by atoms with Gasteiger partial charge in [0.15, 0.2) is 0 Å². The highest BCUT2D eigenvalue weighted by atomic mass is 16.6. The number of nitro groups is 1. The summed E-state index contributed by atoms with van der Waals surface area (Å²) in [4.78, 5) is 24.9. The van der Waals surface area contributed by atoms with Crippen LogP contribution in [0.25, 0.3) is 5.69 Å². The van der Waals surface area contributed by atoms with Gasteiger partial charge < -0.3 is 4.90 Å². The summed E-state index contributed by atoms with van der Waals surface area (Å²) in [5.74, 6) is -0.158. The average Bonchev–Trinajstić information content (AvgIpc) is 3.28. The molecule has 0 bridgehead atoms. The minimum absolute atomic E-state index is 0.0462. The van der Waals surface area contributed by atoms with Crippen LogP contribution in [0.15, 0.2) is 60.9 Å². The number of non-ortho nitro benzene ring substituents is 1. The summed E-state index contributed by atoms with van der Waals surface area (Å²) in [6, 6.07) is 14.1. The van der Waals surface area contributed by atoms with Crippen LogP contribution >= 0.6 is 0 Å². The van der Waals surface area contributed by atoms with Gasteiger partial charge >= 0.3 is 0 Å². The first-order valence-electron chi connectivity index (χ1n) is 7.83. The molecular weight excluding hydrogens is 320 g/mol. The number of aromatic nitrogens is 2. The molecular formula is C18H14N4O3. The predicted octanol–water partition coefficient (Wildman–Crippen LogP) is 2.98. The smallest absolute Gasteiger partial charge is 0.269 e. The van der Waals surface area contributed by atoms with E-state index in [0.29, 0.717) is 18.5 Å². The zero-order valence-electron chi connectivity index (χ0n) is 13.2. The standard InChI is InChI=1S/C18H14N4O3/c23-18(14-11-19-21(12-14)15-4-2-1-3-5-15)20-9-8-13-10-16(22(24)25)6-7-17(13)20/h1-7,10-12H,8-9H2. The van der Waals surface area contributed by atoms with Gasteiger partial charge in [-0.25, -0.2) is 4.68 Å². The molecule has 0 saturated carbocycles. The fourth-order valence-electron chi connectivity index (χ4n) is 3.02. The second kappa shape index (κ2) is 5.86. The van der Waals surface area contributed by atoms with Crippen LogP contribution in [0.2, 0.25) is 0 Å². The first-order chi connectivity index (χ1) is 12.1. The number of amides is 1. The molecule has 1 amide bonds. The number of carbonyl (C=O) groups is 1. The molecule has 0 spiro atoms. The molecule has 0 atom stereocenters. The van der Waals surface area contributed by atoms with Crippen molar-refractivity contribution in [2.75, 3.05) is 11.4 Å². The van der Waals surface area contributed by atoms with E-state index in [-0.39, 0.29) is 11.6 Å². The number of rotatable bonds is 3. The van der Waals surface area contributed by atoms with Gasteiger partial charge in [0.25, 0.3) is 11.6 Å². The Bertz CT molecular complexity index is 965. The van der Waals surface area contributed by atoms with Crippen LogP contribution in [-0.2, 0) is 6.42 Å². The maximum absolute atomic E-state index is 12.8. The van der Waals surface area contributed by atoms with Gasteiger partial charge in [0, 0.05) is 30.6 Å². The van der Waals surface area contributed by atoms with E-state index in [9.17, 15) is 14.9 Å². The summed E-state index contributed by atoms with van der Waals surface area (Å²) >= 11 is 0. The Morgan fingerprint density at radius 2 is 1.96 bits per heavy atom.